The molecule has 0 aliphatic carbocycles. The summed E-state index contributed by atoms with van der Waals surface area (Å²) >= 11 is 1.64. The van der Waals surface area contributed by atoms with E-state index in [1.54, 1.807) is 23.8 Å². The lowest BCUT2D eigenvalue weighted by Gasteiger charge is -2.21. The van der Waals surface area contributed by atoms with Crippen LogP contribution in [0.2, 0.25) is 0 Å². The van der Waals surface area contributed by atoms with Gasteiger partial charge in [0.2, 0.25) is 0 Å². The van der Waals surface area contributed by atoms with E-state index in [1.165, 1.54) is 0 Å². The summed E-state index contributed by atoms with van der Waals surface area (Å²) in [6.45, 7) is 0.528. The lowest BCUT2D eigenvalue weighted by molar-refractivity contribution is -0.137. The molecular formula is C19H21NO3S. The number of ether oxygens (including phenoxy) is 2. The maximum Gasteiger partial charge on any atom is 0.264 e. The van der Waals surface area contributed by atoms with Gasteiger partial charge in [0.25, 0.3) is 5.91 Å². The van der Waals surface area contributed by atoms with E-state index in [2.05, 4.69) is 0 Å². The van der Waals surface area contributed by atoms with Gasteiger partial charge in [-0.15, -0.1) is 11.8 Å². The third-order valence-corrected chi connectivity index (χ3v) is 4.94. The first-order valence-electron chi connectivity index (χ1n) is 7.83. The number of rotatable bonds is 5. The average molecular weight is 343 g/mol. The van der Waals surface area contributed by atoms with Gasteiger partial charge >= 0.3 is 0 Å². The molecule has 1 atom stereocenters. The van der Waals surface area contributed by atoms with E-state index >= 15 is 0 Å². The van der Waals surface area contributed by atoms with Gasteiger partial charge < -0.3 is 14.4 Å². The highest BCUT2D eigenvalue weighted by atomic mass is 32.2. The second-order valence-corrected chi connectivity index (χ2v) is 6.65. The van der Waals surface area contributed by atoms with Crippen LogP contribution in [-0.4, -0.2) is 37.3 Å². The van der Waals surface area contributed by atoms with Crippen molar-refractivity contribution in [3.05, 3.63) is 53.6 Å². The Hall–Kier alpha value is -2.14. The van der Waals surface area contributed by atoms with Crippen molar-refractivity contribution in [3.63, 3.8) is 0 Å². The minimum atomic E-state index is -0.431. The van der Waals surface area contributed by atoms with Gasteiger partial charge in [0.1, 0.15) is 11.5 Å². The maximum atomic E-state index is 12.7. The van der Waals surface area contributed by atoms with E-state index in [4.69, 9.17) is 9.47 Å². The van der Waals surface area contributed by atoms with Gasteiger partial charge in [0.05, 0.1) is 7.11 Å². The van der Waals surface area contributed by atoms with Crippen molar-refractivity contribution in [2.45, 2.75) is 24.0 Å². The fourth-order valence-electron chi connectivity index (χ4n) is 2.90. The summed E-state index contributed by atoms with van der Waals surface area (Å²) in [5.41, 5.74) is 2.13. The highest BCUT2D eigenvalue weighted by Crippen LogP contribution is 2.30. The quantitative estimate of drug-likeness (QED) is 0.780. The standard InChI is InChI=1S/C19H21NO3S/c1-20(12-13-8-9-18(24-3)16(10-13)22-2)19(21)17-11-14-6-4-5-7-15(14)23-17/h4-10,17H,11-12H2,1-3H3. The normalized spacial score (nSPS) is 15.5. The molecular weight excluding hydrogens is 322 g/mol. The molecule has 4 nitrogen and oxygen atoms in total. The molecule has 0 fully saturated rings. The van der Waals surface area contributed by atoms with Gasteiger partial charge in [-0.25, -0.2) is 0 Å². The van der Waals surface area contributed by atoms with E-state index < -0.39 is 6.10 Å². The number of hydrogen-bond donors (Lipinski definition) is 0. The van der Waals surface area contributed by atoms with Crippen LogP contribution in [-0.2, 0) is 17.8 Å². The largest absolute Gasteiger partial charge is 0.496 e. The zero-order chi connectivity index (χ0) is 17.1. The lowest BCUT2D eigenvalue weighted by Crippen LogP contribution is -2.38. The maximum absolute atomic E-state index is 12.7. The highest BCUT2D eigenvalue weighted by molar-refractivity contribution is 7.98. The summed E-state index contributed by atoms with van der Waals surface area (Å²) in [6, 6.07) is 13.9. The molecule has 126 valence electrons. The Labute approximate surface area is 146 Å². The lowest BCUT2D eigenvalue weighted by atomic mass is 10.1. The van der Waals surface area contributed by atoms with Crippen molar-refractivity contribution in [2.24, 2.45) is 0 Å². The number of carbonyl (C=O) groups excluding carboxylic acids is 1. The van der Waals surface area contributed by atoms with Crippen molar-refractivity contribution in [1.82, 2.24) is 4.90 Å². The molecule has 24 heavy (non-hydrogen) atoms. The van der Waals surface area contributed by atoms with Crippen LogP contribution < -0.4 is 9.47 Å². The second kappa shape index (κ2) is 7.18. The molecule has 1 aliphatic rings. The molecule has 0 N–H and O–H groups in total. The van der Waals surface area contributed by atoms with Crippen molar-refractivity contribution in [1.29, 1.82) is 0 Å². The van der Waals surface area contributed by atoms with E-state index in [-0.39, 0.29) is 5.91 Å². The van der Waals surface area contributed by atoms with Crippen LogP contribution >= 0.6 is 11.8 Å². The molecule has 0 saturated carbocycles. The number of likely N-dealkylation sites (N-methyl/N-ethyl adjacent to an activating group) is 1. The van der Waals surface area contributed by atoms with Crippen LogP contribution in [0.15, 0.2) is 47.4 Å². The van der Waals surface area contributed by atoms with Gasteiger partial charge in [0, 0.05) is 24.9 Å². The van der Waals surface area contributed by atoms with Gasteiger partial charge in [-0.1, -0.05) is 24.3 Å². The van der Waals surface area contributed by atoms with Gasteiger partial charge in [-0.05, 0) is 35.6 Å². The summed E-state index contributed by atoms with van der Waals surface area (Å²) in [5, 5.41) is 0. The third kappa shape index (κ3) is 3.36. The van der Waals surface area contributed by atoms with Crippen LogP contribution in [0.3, 0.4) is 0 Å². The molecule has 2 aromatic carbocycles. The third-order valence-electron chi connectivity index (χ3n) is 4.17. The minimum Gasteiger partial charge on any atom is -0.496 e. The van der Waals surface area contributed by atoms with Crippen molar-refractivity contribution in [2.75, 3.05) is 20.4 Å². The monoisotopic (exact) mass is 343 g/mol. The highest BCUT2D eigenvalue weighted by Gasteiger charge is 2.30. The van der Waals surface area contributed by atoms with Crippen LogP contribution in [0, 0.1) is 0 Å². The van der Waals surface area contributed by atoms with Gasteiger partial charge in [-0.3, -0.25) is 4.79 Å². The summed E-state index contributed by atoms with van der Waals surface area (Å²) in [7, 11) is 3.47. The Balaban J connectivity index is 1.67. The molecule has 1 amide bonds. The molecule has 5 heteroatoms. The zero-order valence-electron chi connectivity index (χ0n) is 14.1. The Kier molecular flexibility index (Phi) is 5.00. The molecule has 3 rings (SSSR count). The van der Waals surface area contributed by atoms with E-state index in [9.17, 15) is 4.79 Å². The molecule has 1 heterocycles. The van der Waals surface area contributed by atoms with Crippen LogP contribution in [0.1, 0.15) is 11.1 Å². The molecule has 0 saturated heterocycles. The average Bonchev–Trinajstić information content (AvgIpc) is 3.04. The molecule has 1 unspecified atom stereocenters. The molecule has 1 aliphatic heterocycles. The van der Waals surface area contributed by atoms with E-state index in [0.717, 1.165) is 27.5 Å². The van der Waals surface area contributed by atoms with Crippen LogP contribution in [0.25, 0.3) is 0 Å². The Morgan fingerprint density at radius 3 is 2.83 bits per heavy atom. The van der Waals surface area contributed by atoms with Crippen molar-refractivity contribution < 1.29 is 14.3 Å². The molecule has 0 aromatic heterocycles. The first-order valence-corrected chi connectivity index (χ1v) is 9.05. The number of nitrogens with zero attached hydrogens (tertiary/aromatic N) is 1. The number of carbonyl (C=O) groups is 1. The molecule has 0 radical (unpaired) electrons. The summed E-state index contributed by atoms with van der Waals surface area (Å²) in [6.07, 6.45) is 2.22. The number of thioether (sulfide) groups is 1. The summed E-state index contributed by atoms with van der Waals surface area (Å²) in [5.74, 6) is 1.65. The Morgan fingerprint density at radius 2 is 2.12 bits per heavy atom. The Bertz CT molecular complexity index is 722. The van der Waals surface area contributed by atoms with Crippen molar-refractivity contribution in [3.8, 4) is 11.5 Å². The molecule has 0 spiro atoms. The zero-order valence-corrected chi connectivity index (χ0v) is 14.9. The summed E-state index contributed by atoms with van der Waals surface area (Å²) < 4.78 is 11.2. The molecule has 2 aromatic rings. The van der Waals surface area contributed by atoms with Gasteiger partial charge in [-0.2, -0.15) is 0 Å². The predicted molar refractivity (Wildman–Crippen MR) is 95.8 cm³/mol. The van der Waals surface area contributed by atoms with E-state index in [1.807, 2.05) is 55.8 Å². The topological polar surface area (TPSA) is 38.8 Å². The van der Waals surface area contributed by atoms with Gasteiger partial charge in [0.15, 0.2) is 6.10 Å². The number of methoxy groups -OCH3 is 1. The minimum absolute atomic E-state index is 0.000824. The number of benzene rings is 2. The number of fused-ring (bicyclic) bond motifs is 1. The fraction of sp³-hybridized carbons (Fsp3) is 0.316. The fourth-order valence-corrected chi connectivity index (χ4v) is 3.44. The first kappa shape index (κ1) is 16.7. The Morgan fingerprint density at radius 1 is 1.33 bits per heavy atom. The second-order valence-electron chi connectivity index (χ2n) is 5.80. The molecule has 0 bridgehead atoms. The van der Waals surface area contributed by atoms with Crippen LogP contribution in [0.5, 0.6) is 11.5 Å². The SMILES string of the molecule is COc1cc(CN(C)C(=O)C2Cc3ccccc3O2)ccc1SC. The predicted octanol–water partition coefficient (Wildman–Crippen LogP) is 3.38. The van der Waals surface area contributed by atoms with Crippen molar-refractivity contribution >= 4 is 17.7 Å². The first-order chi connectivity index (χ1) is 11.6. The number of amides is 1. The van der Waals surface area contributed by atoms with Crippen LogP contribution in [0.4, 0.5) is 0 Å². The number of para-hydroxylation sites is 1. The van der Waals surface area contributed by atoms with E-state index in [0.29, 0.717) is 13.0 Å². The number of hydrogen-bond acceptors (Lipinski definition) is 4. The summed E-state index contributed by atoms with van der Waals surface area (Å²) in [4.78, 5) is 15.5. The smallest absolute Gasteiger partial charge is 0.264 e.